The number of carbonyl (C=O) groups excluding carboxylic acids is 1. The lowest BCUT2D eigenvalue weighted by molar-refractivity contribution is 0.561. The molecule has 4 aromatic rings. The van der Waals surface area contributed by atoms with Gasteiger partial charge < -0.3 is 10.3 Å². The zero-order valence-electron chi connectivity index (χ0n) is 13.5. The minimum Gasteiger partial charge on any atom is -0.301 e. The minimum atomic E-state index is -0.338. The van der Waals surface area contributed by atoms with Gasteiger partial charge in [0.05, 0.1) is 6.54 Å². The third kappa shape index (κ3) is 2.84. The van der Waals surface area contributed by atoms with Gasteiger partial charge in [-0.25, -0.2) is 14.8 Å². The Labute approximate surface area is 147 Å². The average molecular weight is 345 g/mol. The fraction of sp³-hybridized carbons (Fsp3) is 0.0556. The predicted octanol–water partition coefficient (Wildman–Crippen LogP) is 1.71. The van der Waals surface area contributed by atoms with Gasteiger partial charge in [0, 0.05) is 18.0 Å². The topological polar surface area (TPSA) is 106 Å². The first-order chi connectivity index (χ1) is 12.8. The number of benzene rings is 1. The van der Waals surface area contributed by atoms with Crippen LogP contribution < -0.4 is 11.0 Å². The zero-order valence-corrected chi connectivity index (χ0v) is 13.5. The molecule has 0 bridgehead atoms. The highest BCUT2D eigenvalue weighted by Crippen LogP contribution is 2.22. The second-order valence-electron chi connectivity index (χ2n) is 5.57. The van der Waals surface area contributed by atoms with E-state index in [-0.39, 0.29) is 11.5 Å². The Balaban J connectivity index is 1.92. The molecule has 0 aliphatic carbocycles. The van der Waals surface area contributed by atoms with Gasteiger partial charge in [0.2, 0.25) is 0 Å². The summed E-state index contributed by atoms with van der Waals surface area (Å²) >= 11 is 0. The number of hydrogen-bond acceptors (Lipinski definition) is 5. The monoisotopic (exact) mass is 345 g/mol. The smallest absolute Gasteiger partial charge is 0.301 e. The molecule has 2 N–H and O–H groups in total. The summed E-state index contributed by atoms with van der Waals surface area (Å²) in [6, 6.07) is 13.1. The molecule has 8 nitrogen and oxygen atoms in total. The van der Waals surface area contributed by atoms with E-state index in [9.17, 15) is 9.59 Å². The van der Waals surface area contributed by atoms with Crippen LogP contribution in [0, 0.1) is 0 Å². The van der Waals surface area contributed by atoms with E-state index < -0.39 is 0 Å². The van der Waals surface area contributed by atoms with Crippen molar-refractivity contribution in [2.75, 3.05) is 5.32 Å². The van der Waals surface area contributed by atoms with Crippen molar-refractivity contribution in [3.8, 4) is 11.4 Å². The van der Waals surface area contributed by atoms with Crippen molar-refractivity contribution in [3.05, 3.63) is 70.9 Å². The fourth-order valence-electron chi connectivity index (χ4n) is 2.71. The third-order valence-corrected chi connectivity index (χ3v) is 3.90. The summed E-state index contributed by atoms with van der Waals surface area (Å²) in [5.74, 6) is 0.539. The van der Waals surface area contributed by atoms with Gasteiger partial charge >= 0.3 is 12.1 Å². The molecule has 1 amide bonds. The Morgan fingerprint density at radius 3 is 2.69 bits per heavy atom. The standard InChI is InChI=1S/C18H13N6O2/c25-11-20-16-14-17(23-15(22-16)13-7-4-8-19-9-13)24(18(26)21-14)10-12-5-2-1-3-6-12/h1-9H,10H2,(H,21,26)(H,20,22,23,25). The van der Waals surface area contributed by atoms with E-state index >= 15 is 0 Å². The Bertz CT molecular complexity index is 1120. The highest BCUT2D eigenvalue weighted by Gasteiger charge is 2.16. The van der Waals surface area contributed by atoms with Gasteiger partial charge in [-0.2, -0.15) is 0 Å². The summed E-state index contributed by atoms with van der Waals surface area (Å²) in [5.41, 5.74) is 2.03. The van der Waals surface area contributed by atoms with Crippen molar-refractivity contribution in [2.45, 2.75) is 6.54 Å². The van der Waals surface area contributed by atoms with Crippen LogP contribution in [-0.2, 0) is 11.3 Å². The molecule has 0 saturated heterocycles. The number of nitrogens with zero attached hydrogens (tertiary/aromatic N) is 4. The normalized spacial score (nSPS) is 10.8. The summed E-state index contributed by atoms with van der Waals surface area (Å²) in [6.45, 7) is 0.341. The summed E-state index contributed by atoms with van der Waals surface area (Å²) in [7, 11) is 0. The van der Waals surface area contributed by atoms with E-state index in [0.29, 0.717) is 29.1 Å². The maximum atomic E-state index is 12.4. The van der Waals surface area contributed by atoms with Crippen molar-refractivity contribution in [1.82, 2.24) is 24.5 Å². The Kier molecular flexibility index (Phi) is 3.98. The van der Waals surface area contributed by atoms with Crippen LogP contribution in [0.15, 0.2) is 59.7 Å². The molecule has 0 spiro atoms. The van der Waals surface area contributed by atoms with Gasteiger partial charge in [-0.15, -0.1) is 0 Å². The number of hydrogen-bond donors (Lipinski definition) is 2. The van der Waals surface area contributed by atoms with Gasteiger partial charge in [0.1, 0.15) is 5.52 Å². The number of rotatable bonds is 5. The number of aromatic nitrogens is 5. The van der Waals surface area contributed by atoms with Gasteiger partial charge in [0.15, 0.2) is 17.3 Å². The van der Waals surface area contributed by atoms with E-state index in [2.05, 4.69) is 25.3 Å². The second kappa shape index (κ2) is 6.60. The van der Waals surface area contributed by atoms with Gasteiger partial charge in [0.25, 0.3) is 0 Å². The van der Waals surface area contributed by atoms with E-state index in [1.807, 2.05) is 30.3 Å². The van der Waals surface area contributed by atoms with Crippen LogP contribution in [0.3, 0.4) is 0 Å². The molecule has 3 aromatic heterocycles. The first kappa shape index (κ1) is 15.7. The largest absolute Gasteiger partial charge is 0.328 e. The van der Waals surface area contributed by atoms with Crippen LogP contribution in [-0.4, -0.2) is 30.9 Å². The van der Waals surface area contributed by atoms with Gasteiger partial charge in [-0.3, -0.25) is 14.3 Å². The number of anilines is 1. The summed E-state index contributed by atoms with van der Waals surface area (Å²) in [6.07, 6.45) is 4.85. The average Bonchev–Trinajstić information content (AvgIpc) is 2.99. The van der Waals surface area contributed by atoms with Crippen molar-refractivity contribution < 1.29 is 4.79 Å². The number of pyridine rings is 1. The molecule has 0 fully saturated rings. The maximum Gasteiger partial charge on any atom is 0.328 e. The first-order valence-corrected chi connectivity index (χ1v) is 7.84. The summed E-state index contributed by atoms with van der Waals surface area (Å²) in [5, 5.41) is 2.40. The molecule has 0 saturated carbocycles. The molecule has 3 heterocycles. The van der Waals surface area contributed by atoms with Crippen molar-refractivity contribution in [1.29, 1.82) is 0 Å². The molecular weight excluding hydrogens is 332 g/mol. The van der Waals surface area contributed by atoms with Crippen LogP contribution in [0.25, 0.3) is 22.6 Å². The molecule has 4 rings (SSSR count). The third-order valence-electron chi connectivity index (χ3n) is 3.90. The quantitative estimate of drug-likeness (QED) is 0.536. The van der Waals surface area contributed by atoms with Crippen LogP contribution in [0.5, 0.6) is 0 Å². The number of nitrogens with one attached hydrogen (secondary N) is 2. The van der Waals surface area contributed by atoms with E-state index in [1.54, 1.807) is 30.9 Å². The lowest BCUT2D eigenvalue weighted by Gasteiger charge is -2.07. The SMILES string of the molecule is O=[C]Nc1nc(-c2cccnc2)nc2c1[nH]c(=O)n2Cc1ccccc1. The lowest BCUT2D eigenvalue weighted by Crippen LogP contribution is -2.17. The molecule has 0 aliphatic heterocycles. The first-order valence-electron chi connectivity index (χ1n) is 7.84. The molecule has 0 unspecified atom stereocenters. The van der Waals surface area contributed by atoms with Crippen LogP contribution >= 0.6 is 0 Å². The summed E-state index contributed by atoms with van der Waals surface area (Å²) in [4.78, 5) is 38.9. The Morgan fingerprint density at radius 2 is 1.96 bits per heavy atom. The number of H-pyrrole nitrogens is 1. The van der Waals surface area contributed by atoms with Gasteiger partial charge in [-0.05, 0) is 17.7 Å². The van der Waals surface area contributed by atoms with E-state index in [4.69, 9.17) is 0 Å². The maximum absolute atomic E-state index is 12.4. The number of amides is 1. The van der Waals surface area contributed by atoms with Crippen LogP contribution in [0.1, 0.15) is 5.56 Å². The highest BCUT2D eigenvalue weighted by atomic mass is 16.1. The molecule has 1 radical (unpaired) electrons. The lowest BCUT2D eigenvalue weighted by atomic mass is 10.2. The fourth-order valence-corrected chi connectivity index (χ4v) is 2.71. The molecule has 1 aromatic carbocycles. The molecule has 0 aliphatic rings. The van der Waals surface area contributed by atoms with E-state index in [0.717, 1.165) is 5.56 Å². The Morgan fingerprint density at radius 1 is 1.12 bits per heavy atom. The minimum absolute atomic E-state index is 0.188. The van der Waals surface area contributed by atoms with Gasteiger partial charge in [-0.1, -0.05) is 30.3 Å². The highest BCUT2D eigenvalue weighted by molar-refractivity contribution is 5.90. The van der Waals surface area contributed by atoms with Crippen molar-refractivity contribution in [3.63, 3.8) is 0 Å². The molecular formula is C18H13N6O2. The molecule has 0 atom stereocenters. The van der Waals surface area contributed by atoms with Crippen LogP contribution in [0.4, 0.5) is 5.82 Å². The van der Waals surface area contributed by atoms with E-state index in [1.165, 1.54) is 4.57 Å². The summed E-state index contributed by atoms with van der Waals surface area (Å²) < 4.78 is 1.50. The molecule has 26 heavy (non-hydrogen) atoms. The molecule has 8 heteroatoms. The second-order valence-corrected chi connectivity index (χ2v) is 5.57. The zero-order chi connectivity index (χ0) is 17.9. The number of fused-ring (bicyclic) bond motifs is 1. The number of imidazole rings is 1. The van der Waals surface area contributed by atoms with Crippen molar-refractivity contribution >= 4 is 23.4 Å². The predicted molar refractivity (Wildman–Crippen MR) is 96.2 cm³/mol. The Hall–Kier alpha value is -3.81. The number of aromatic amines is 1. The molecule has 127 valence electrons. The van der Waals surface area contributed by atoms with Crippen molar-refractivity contribution in [2.24, 2.45) is 0 Å². The van der Waals surface area contributed by atoms with Crippen LogP contribution in [0.2, 0.25) is 0 Å².